The average molecular weight is 282 g/mol. The molecule has 3 rings (SSSR count). The third-order valence-electron chi connectivity index (χ3n) is 3.22. The maximum atomic E-state index is 12.1. The molecule has 0 fully saturated rings. The molecule has 0 aliphatic carbocycles. The van der Waals surface area contributed by atoms with Gasteiger partial charge in [0.05, 0.1) is 11.0 Å². The Balaban J connectivity index is 1.81. The van der Waals surface area contributed by atoms with Crippen molar-refractivity contribution >= 4 is 22.6 Å². The van der Waals surface area contributed by atoms with Gasteiger partial charge < -0.3 is 21.0 Å². The van der Waals surface area contributed by atoms with Crippen molar-refractivity contribution in [1.82, 2.24) is 9.97 Å². The van der Waals surface area contributed by atoms with Crippen LogP contribution in [-0.4, -0.2) is 15.9 Å². The number of H-pyrrole nitrogens is 2. The summed E-state index contributed by atoms with van der Waals surface area (Å²) in [4.78, 5) is 28.6. The molecule has 0 aliphatic rings. The fraction of sp³-hybridized carbons (Fsp3) is 0.0667. The van der Waals surface area contributed by atoms with Gasteiger partial charge in [0.1, 0.15) is 6.04 Å². The molecular formula is C15H14N4O2. The summed E-state index contributed by atoms with van der Waals surface area (Å²) >= 11 is 0. The van der Waals surface area contributed by atoms with Crippen LogP contribution in [0.1, 0.15) is 11.6 Å². The van der Waals surface area contributed by atoms with Gasteiger partial charge in [-0.2, -0.15) is 0 Å². The largest absolute Gasteiger partial charge is 0.324 e. The molecule has 0 spiro atoms. The van der Waals surface area contributed by atoms with Crippen LogP contribution in [0.3, 0.4) is 0 Å². The summed E-state index contributed by atoms with van der Waals surface area (Å²) in [7, 11) is 0. The molecular weight excluding hydrogens is 268 g/mol. The van der Waals surface area contributed by atoms with E-state index in [-0.39, 0.29) is 11.6 Å². The summed E-state index contributed by atoms with van der Waals surface area (Å²) in [5.74, 6) is -0.307. The highest BCUT2D eigenvalue weighted by Crippen LogP contribution is 2.17. The summed E-state index contributed by atoms with van der Waals surface area (Å²) < 4.78 is 0. The van der Waals surface area contributed by atoms with Gasteiger partial charge in [-0.15, -0.1) is 0 Å². The highest BCUT2D eigenvalue weighted by atomic mass is 16.2. The van der Waals surface area contributed by atoms with E-state index in [1.807, 2.05) is 18.2 Å². The normalized spacial score (nSPS) is 12.2. The van der Waals surface area contributed by atoms with Gasteiger partial charge in [-0.3, -0.25) is 4.79 Å². The quantitative estimate of drug-likeness (QED) is 0.585. The Morgan fingerprint density at radius 3 is 2.52 bits per heavy atom. The zero-order chi connectivity index (χ0) is 14.8. The summed E-state index contributed by atoms with van der Waals surface area (Å²) in [5, 5.41) is 2.74. The molecule has 2 aromatic carbocycles. The van der Waals surface area contributed by atoms with Crippen LogP contribution in [0, 0.1) is 0 Å². The number of hydrogen-bond donors (Lipinski definition) is 4. The van der Waals surface area contributed by atoms with Crippen molar-refractivity contribution in [1.29, 1.82) is 0 Å². The van der Waals surface area contributed by atoms with Crippen molar-refractivity contribution in [2.75, 3.05) is 5.32 Å². The van der Waals surface area contributed by atoms with Crippen LogP contribution in [0.4, 0.5) is 5.69 Å². The summed E-state index contributed by atoms with van der Waals surface area (Å²) in [6.45, 7) is 0. The minimum atomic E-state index is -0.743. The molecule has 0 saturated heterocycles. The zero-order valence-corrected chi connectivity index (χ0v) is 11.1. The molecule has 1 heterocycles. The lowest BCUT2D eigenvalue weighted by atomic mass is 10.1. The Hall–Kier alpha value is -2.86. The van der Waals surface area contributed by atoms with Crippen LogP contribution in [0.5, 0.6) is 0 Å². The second-order valence-corrected chi connectivity index (χ2v) is 4.72. The van der Waals surface area contributed by atoms with E-state index < -0.39 is 6.04 Å². The molecule has 0 radical (unpaired) electrons. The number of carbonyl (C=O) groups is 1. The fourth-order valence-electron chi connectivity index (χ4n) is 2.14. The van der Waals surface area contributed by atoms with Gasteiger partial charge in [-0.05, 0) is 23.8 Å². The SMILES string of the molecule is NC(C(=O)Nc1ccc2[nH]c(=O)[nH]c2c1)c1ccccc1. The van der Waals surface area contributed by atoms with Crippen LogP contribution >= 0.6 is 0 Å². The third kappa shape index (κ3) is 2.70. The molecule has 1 amide bonds. The predicted octanol–water partition coefficient (Wildman–Crippen LogP) is 1.49. The van der Waals surface area contributed by atoms with E-state index in [0.29, 0.717) is 16.7 Å². The van der Waals surface area contributed by atoms with Crippen molar-refractivity contribution < 1.29 is 4.79 Å². The number of imidazole rings is 1. The smallest absolute Gasteiger partial charge is 0.323 e. The lowest BCUT2D eigenvalue weighted by molar-refractivity contribution is -0.117. The molecule has 0 aliphatic heterocycles. The van der Waals surface area contributed by atoms with Gasteiger partial charge in [0.2, 0.25) is 5.91 Å². The standard InChI is InChI=1S/C15H14N4O2/c16-13(9-4-2-1-3-5-9)14(20)17-10-6-7-11-12(8-10)19-15(21)18-11/h1-8,13H,16H2,(H,17,20)(H2,18,19,21). The maximum Gasteiger partial charge on any atom is 0.323 e. The van der Waals surface area contributed by atoms with E-state index in [4.69, 9.17) is 5.73 Å². The van der Waals surface area contributed by atoms with E-state index in [9.17, 15) is 9.59 Å². The number of fused-ring (bicyclic) bond motifs is 1. The van der Waals surface area contributed by atoms with Gasteiger partial charge in [-0.25, -0.2) is 4.79 Å². The minimum absolute atomic E-state index is 0.283. The van der Waals surface area contributed by atoms with Gasteiger partial charge in [0.15, 0.2) is 0 Å². The molecule has 5 N–H and O–H groups in total. The summed E-state index contributed by atoms with van der Waals surface area (Å²) in [6.07, 6.45) is 0. The molecule has 6 heteroatoms. The average Bonchev–Trinajstić information content (AvgIpc) is 2.86. The Kier molecular flexibility index (Phi) is 3.29. The lowest BCUT2D eigenvalue weighted by Crippen LogP contribution is -2.27. The molecule has 3 aromatic rings. The molecule has 0 saturated carbocycles. The summed E-state index contributed by atoms with van der Waals surface area (Å²) in [5.41, 5.74) is 8.28. The summed E-state index contributed by atoms with van der Waals surface area (Å²) in [6, 6.07) is 13.5. The van der Waals surface area contributed by atoms with Crippen molar-refractivity contribution in [2.45, 2.75) is 6.04 Å². The van der Waals surface area contributed by atoms with E-state index >= 15 is 0 Å². The number of rotatable bonds is 3. The molecule has 106 valence electrons. The van der Waals surface area contributed by atoms with Crippen molar-refractivity contribution in [3.63, 3.8) is 0 Å². The number of aromatic amines is 2. The molecule has 1 unspecified atom stereocenters. The second-order valence-electron chi connectivity index (χ2n) is 4.72. The van der Waals surface area contributed by atoms with Gasteiger partial charge in [0.25, 0.3) is 0 Å². The van der Waals surface area contributed by atoms with E-state index in [0.717, 1.165) is 5.56 Å². The monoisotopic (exact) mass is 282 g/mol. The number of carbonyl (C=O) groups excluding carboxylic acids is 1. The Labute approximate surface area is 120 Å². The third-order valence-corrected chi connectivity index (χ3v) is 3.22. The number of anilines is 1. The van der Waals surface area contributed by atoms with E-state index in [1.165, 1.54) is 0 Å². The van der Waals surface area contributed by atoms with Crippen molar-refractivity contribution in [3.8, 4) is 0 Å². The Bertz CT molecular complexity index is 836. The molecule has 6 nitrogen and oxygen atoms in total. The van der Waals surface area contributed by atoms with Gasteiger partial charge in [0, 0.05) is 5.69 Å². The fourth-order valence-corrected chi connectivity index (χ4v) is 2.14. The predicted molar refractivity (Wildman–Crippen MR) is 80.9 cm³/mol. The first-order chi connectivity index (χ1) is 10.1. The molecule has 0 bridgehead atoms. The van der Waals surface area contributed by atoms with Crippen LogP contribution in [0.15, 0.2) is 53.3 Å². The van der Waals surface area contributed by atoms with Gasteiger partial charge in [-0.1, -0.05) is 30.3 Å². The maximum absolute atomic E-state index is 12.1. The first-order valence-corrected chi connectivity index (χ1v) is 6.47. The lowest BCUT2D eigenvalue weighted by Gasteiger charge is -2.12. The number of benzene rings is 2. The first kappa shape index (κ1) is 13.1. The van der Waals surface area contributed by atoms with Crippen LogP contribution < -0.4 is 16.7 Å². The number of nitrogens with two attached hydrogens (primary N) is 1. The number of aromatic nitrogens is 2. The highest BCUT2D eigenvalue weighted by Gasteiger charge is 2.15. The zero-order valence-electron chi connectivity index (χ0n) is 11.1. The topological polar surface area (TPSA) is 104 Å². The van der Waals surface area contributed by atoms with E-state index in [2.05, 4.69) is 15.3 Å². The Morgan fingerprint density at radius 2 is 1.76 bits per heavy atom. The van der Waals surface area contributed by atoms with Crippen molar-refractivity contribution in [2.24, 2.45) is 5.73 Å². The van der Waals surface area contributed by atoms with Crippen molar-refractivity contribution in [3.05, 3.63) is 64.6 Å². The highest BCUT2D eigenvalue weighted by molar-refractivity contribution is 5.96. The Morgan fingerprint density at radius 1 is 1.05 bits per heavy atom. The van der Waals surface area contributed by atoms with Crippen LogP contribution in [0.25, 0.3) is 11.0 Å². The second kappa shape index (κ2) is 5.26. The van der Waals surface area contributed by atoms with Crippen LogP contribution in [0.2, 0.25) is 0 Å². The van der Waals surface area contributed by atoms with Crippen LogP contribution in [-0.2, 0) is 4.79 Å². The number of amides is 1. The molecule has 1 aromatic heterocycles. The van der Waals surface area contributed by atoms with E-state index in [1.54, 1.807) is 30.3 Å². The van der Waals surface area contributed by atoms with Gasteiger partial charge >= 0.3 is 5.69 Å². The number of hydrogen-bond acceptors (Lipinski definition) is 3. The number of nitrogens with one attached hydrogen (secondary N) is 3. The first-order valence-electron chi connectivity index (χ1n) is 6.47. The minimum Gasteiger partial charge on any atom is -0.324 e. The molecule has 21 heavy (non-hydrogen) atoms. The molecule has 1 atom stereocenters.